The maximum Gasteiger partial charge on any atom is 0.226 e. The molecule has 1 aliphatic rings. The van der Waals surface area contributed by atoms with Crippen LogP contribution in [-0.2, 0) is 9.59 Å². The van der Waals surface area contributed by atoms with Crippen molar-refractivity contribution in [1.82, 2.24) is 21.5 Å². The monoisotopic (exact) mass is 322 g/mol. The van der Waals surface area contributed by atoms with Crippen LogP contribution in [0.1, 0.15) is 25.5 Å². The van der Waals surface area contributed by atoms with Crippen molar-refractivity contribution in [3.05, 3.63) is 35.6 Å². The molecule has 1 aliphatic heterocycles. The molecular weight excluding hydrogens is 299 g/mol. The fraction of sp³-hybridized carbons (Fsp3) is 0.500. The van der Waals surface area contributed by atoms with Gasteiger partial charge >= 0.3 is 0 Å². The van der Waals surface area contributed by atoms with Crippen molar-refractivity contribution < 1.29 is 14.0 Å². The van der Waals surface area contributed by atoms with Crippen LogP contribution in [0.2, 0.25) is 0 Å². The quantitative estimate of drug-likeness (QED) is 0.574. The average molecular weight is 322 g/mol. The zero-order chi connectivity index (χ0) is 16.8. The van der Waals surface area contributed by atoms with Crippen molar-refractivity contribution >= 4 is 11.8 Å². The van der Waals surface area contributed by atoms with Gasteiger partial charge in [0.1, 0.15) is 5.82 Å². The summed E-state index contributed by atoms with van der Waals surface area (Å²) in [7, 11) is 0. The number of carbonyl (C=O) groups excluding carboxylic acids is 2. The van der Waals surface area contributed by atoms with Gasteiger partial charge in [0.05, 0.1) is 12.0 Å². The standard InChI is InChI=1S/C16H23FN4O2/c1-10(2)15(22)18-7-8-19-16(23)12-9-20-21-14(12)11-5-3-4-6-13(11)17/h3-6,10,12,14,20-21H,7-9H2,1-2H3,(H,18,22)(H,19,23). The Morgan fingerprint density at radius 1 is 1.26 bits per heavy atom. The highest BCUT2D eigenvalue weighted by Crippen LogP contribution is 2.26. The van der Waals surface area contributed by atoms with Gasteiger partial charge in [0.2, 0.25) is 11.8 Å². The summed E-state index contributed by atoms with van der Waals surface area (Å²) in [5.74, 6) is -1.05. The van der Waals surface area contributed by atoms with Crippen molar-refractivity contribution in [1.29, 1.82) is 0 Å². The molecule has 1 aromatic carbocycles. The van der Waals surface area contributed by atoms with Crippen LogP contribution < -0.4 is 21.5 Å². The maximum atomic E-state index is 13.9. The third-order valence-corrected chi connectivity index (χ3v) is 3.81. The minimum absolute atomic E-state index is 0.0484. The lowest BCUT2D eigenvalue weighted by Gasteiger charge is -2.19. The van der Waals surface area contributed by atoms with E-state index in [0.717, 1.165) is 0 Å². The molecule has 1 heterocycles. The van der Waals surface area contributed by atoms with Gasteiger partial charge in [-0.1, -0.05) is 32.0 Å². The maximum absolute atomic E-state index is 13.9. The van der Waals surface area contributed by atoms with Gasteiger partial charge in [-0.2, -0.15) is 0 Å². The third kappa shape index (κ3) is 4.49. The highest BCUT2D eigenvalue weighted by Gasteiger charge is 2.35. The molecule has 1 saturated heterocycles. The Balaban J connectivity index is 1.86. The molecule has 126 valence electrons. The average Bonchev–Trinajstić information content (AvgIpc) is 3.00. The summed E-state index contributed by atoms with van der Waals surface area (Å²) in [5, 5.41) is 5.52. The molecule has 7 heteroatoms. The van der Waals surface area contributed by atoms with Crippen LogP contribution in [0, 0.1) is 17.7 Å². The minimum atomic E-state index is -0.415. The molecule has 0 saturated carbocycles. The molecule has 0 radical (unpaired) electrons. The van der Waals surface area contributed by atoms with Crippen molar-refractivity contribution in [3.63, 3.8) is 0 Å². The van der Waals surface area contributed by atoms with Crippen molar-refractivity contribution in [2.75, 3.05) is 19.6 Å². The molecular formula is C16H23FN4O2. The minimum Gasteiger partial charge on any atom is -0.354 e. The van der Waals surface area contributed by atoms with E-state index in [1.807, 2.05) is 13.8 Å². The van der Waals surface area contributed by atoms with Gasteiger partial charge < -0.3 is 10.6 Å². The third-order valence-electron chi connectivity index (χ3n) is 3.81. The molecule has 23 heavy (non-hydrogen) atoms. The fourth-order valence-electron chi connectivity index (χ4n) is 2.47. The van der Waals surface area contributed by atoms with Gasteiger partial charge in [0, 0.05) is 31.1 Å². The zero-order valence-electron chi connectivity index (χ0n) is 13.4. The van der Waals surface area contributed by atoms with Gasteiger partial charge in [-0.15, -0.1) is 0 Å². The fourth-order valence-corrected chi connectivity index (χ4v) is 2.47. The van der Waals surface area contributed by atoms with E-state index in [1.54, 1.807) is 18.2 Å². The Hall–Kier alpha value is -1.99. The largest absolute Gasteiger partial charge is 0.354 e. The molecule has 2 atom stereocenters. The first-order valence-corrected chi connectivity index (χ1v) is 7.79. The predicted molar refractivity (Wildman–Crippen MR) is 84.6 cm³/mol. The molecule has 1 fully saturated rings. The van der Waals surface area contributed by atoms with Crippen LogP contribution in [0.25, 0.3) is 0 Å². The summed E-state index contributed by atoms with van der Waals surface area (Å²) in [6, 6.07) is 6.00. The Kier molecular flexibility index (Phi) is 6.06. The van der Waals surface area contributed by atoms with E-state index in [2.05, 4.69) is 21.5 Å². The molecule has 0 aliphatic carbocycles. The van der Waals surface area contributed by atoms with E-state index >= 15 is 0 Å². The summed E-state index contributed by atoms with van der Waals surface area (Å²) in [5.41, 5.74) is 6.32. The number of amides is 2. The first-order valence-electron chi connectivity index (χ1n) is 7.79. The van der Waals surface area contributed by atoms with Crippen molar-refractivity contribution in [2.45, 2.75) is 19.9 Å². The number of carbonyl (C=O) groups is 2. The zero-order valence-corrected chi connectivity index (χ0v) is 13.4. The predicted octanol–water partition coefficient (Wildman–Crippen LogP) is 0.479. The van der Waals surface area contributed by atoms with Crippen LogP contribution in [0.4, 0.5) is 4.39 Å². The summed E-state index contributed by atoms with van der Waals surface area (Å²) in [4.78, 5) is 23.7. The van der Waals surface area contributed by atoms with Crippen molar-refractivity contribution in [2.24, 2.45) is 11.8 Å². The van der Waals surface area contributed by atoms with Gasteiger partial charge in [-0.25, -0.2) is 9.82 Å². The topological polar surface area (TPSA) is 82.3 Å². The molecule has 4 N–H and O–H groups in total. The number of halogens is 1. The second-order valence-corrected chi connectivity index (χ2v) is 5.87. The number of rotatable bonds is 6. The molecule has 0 spiro atoms. The van der Waals surface area contributed by atoms with E-state index in [-0.39, 0.29) is 23.5 Å². The molecule has 2 unspecified atom stereocenters. The van der Waals surface area contributed by atoms with Crippen LogP contribution in [0.3, 0.4) is 0 Å². The lowest BCUT2D eigenvalue weighted by molar-refractivity contribution is -0.126. The van der Waals surface area contributed by atoms with Crippen LogP contribution >= 0.6 is 0 Å². The number of hydrazine groups is 1. The summed E-state index contributed by atoms with van der Waals surface area (Å²) in [6.07, 6.45) is 0. The number of hydrogen-bond donors (Lipinski definition) is 4. The van der Waals surface area contributed by atoms with Gasteiger partial charge in [0.15, 0.2) is 0 Å². The van der Waals surface area contributed by atoms with Gasteiger partial charge in [-0.3, -0.25) is 15.0 Å². The molecule has 2 rings (SSSR count). The molecule has 0 bridgehead atoms. The van der Waals surface area contributed by atoms with E-state index in [9.17, 15) is 14.0 Å². The van der Waals surface area contributed by atoms with Crippen LogP contribution in [0.15, 0.2) is 24.3 Å². The number of nitrogens with one attached hydrogen (secondary N) is 4. The van der Waals surface area contributed by atoms with E-state index in [0.29, 0.717) is 25.2 Å². The smallest absolute Gasteiger partial charge is 0.226 e. The lowest BCUT2D eigenvalue weighted by atomic mass is 9.94. The highest BCUT2D eigenvalue weighted by molar-refractivity contribution is 5.80. The molecule has 2 amide bonds. The Morgan fingerprint density at radius 3 is 2.65 bits per heavy atom. The second kappa shape index (κ2) is 8.03. The van der Waals surface area contributed by atoms with E-state index in [4.69, 9.17) is 0 Å². The Morgan fingerprint density at radius 2 is 1.96 bits per heavy atom. The summed E-state index contributed by atoms with van der Waals surface area (Å²) in [6.45, 7) is 4.76. The first kappa shape index (κ1) is 17.4. The summed E-state index contributed by atoms with van der Waals surface area (Å²) < 4.78 is 13.9. The second-order valence-electron chi connectivity index (χ2n) is 5.87. The van der Waals surface area contributed by atoms with E-state index in [1.165, 1.54) is 6.07 Å². The Bertz CT molecular complexity index is 565. The molecule has 1 aromatic rings. The Labute approximate surface area is 135 Å². The van der Waals surface area contributed by atoms with Gasteiger partial charge in [0.25, 0.3) is 0 Å². The SMILES string of the molecule is CC(C)C(=O)NCCNC(=O)C1CNNC1c1ccccc1F. The number of benzene rings is 1. The summed E-state index contributed by atoms with van der Waals surface area (Å²) >= 11 is 0. The van der Waals surface area contributed by atoms with Crippen molar-refractivity contribution in [3.8, 4) is 0 Å². The molecule has 6 nitrogen and oxygen atoms in total. The molecule has 0 aromatic heterocycles. The van der Waals surface area contributed by atoms with Crippen LogP contribution in [0.5, 0.6) is 0 Å². The van der Waals surface area contributed by atoms with Gasteiger partial charge in [-0.05, 0) is 6.07 Å². The highest BCUT2D eigenvalue weighted by atomic mass is 19.1. The first-order chi connectivity index (χ1) is 11.0. The van der Waals surface area contributed by atoms with Crippen LogP contribution in [-0.4, -0.2) is 31.4 Å². The normalized spacial score (nSPS) is 20.5. The lowest BCUT2D eigenvalue weighted by Crippen LogP contribution is -2.40. The number of hydrogen-bond acceptors (Lipinski definition) is 4. The van der Waals surface area contributed by atoms with E-state index < -0.39 is 12.0 Å².